The van der Waals surface area contributed by atoms with E-state index in [9.17, 15) is 9.18 Å². The number of hydrogen-bond acceptors (Lipinski definition) is 6. The van der Waals surface area contributed by atoms with Crippen LogP contribution >= 0.6 is 11.6 Å². The van der Waals surface area contributed by atoms with Crippen molar-refractivity contribution < 1.29 is 9.18 Å². The average molecular weight is 492 g/mol. The summed E-state index contributed by atoms with van der Waals surface area (Å²) >= 11 is 5.96. The van der Waals surface area contributed by atoms with Crippen molar-refractivity contribution in [3.05, 3.63) is 82.9 Å². The molecule has 1 amide bonds. The molecule has 2 aromatic heterocycles. The zero-order chi connectivity index (χ0) is 24.4. The number of carbonyl (C=O) groups is 1. The van der Waals surface area contributed by atoms with Gasteiger partial charge in [-0.25, -0.2) is 19.3 Å². The van der Waals surface area contributed by atoms with E-state index in [1.165, 1.54) is 18.5 Å². The van der Waals surface area contributed by atoms with E-state index in [1.807, 2.05) is 35.9 Å². The minimum atomic E-state index is -0.740. The molecule has 2 aromatic carbocycles. The monoisotopic (exact) mass is 491 g/mol. The van der Waals surface area contributed by atoms with Crippen molar-refractivity contribution >= 4 is 40.6 Å². The molecule has 1 aliphatic rings. The Kier molecular flexibility index (Phi) is 6.33. The van der Waals surface area contributed by atoms with Gasteiger partial charge in [0.05, 0.1) is 0 Å². The summed E-state index contributed by atoms with van der Waals surface area (Å²) in [6.45, 7) is 1.21. The van der Waals surface area contributed by atoms with Crippen LogP contribution in [0.15, 0.2) is 61.2 Å². The van der Waals surface area contributed by atoms with Gasteiger partial charge in [-0.3, -0.25) is 9.36 Å². The molecule has 0 atom stereocenters. The van der Waals surface area contributed by atoms with E-state index in [2.05, 4.69) is 30.9 Å². The van der Waals surface area contributed by atoms with E-state index in [-0.39, 0.29) is 11.5 Å². The Balaban J connectivity index is 1.35. The molecular formula is C25H23ClFN7O. The molecule has 10 heteroatoms. The second-order valence-electron chi connectivity index (χ2n) is 8.35. The maximum Gasteiger partial charge on any atom is 0.255 e. The molecule has 1 aliphatic carbocycles. The van der Waals surface area contributed by atoms with E-state index in [1.54, 1.807) is 18.3 Å². The summed E-state index contributed by atoms with van der Waals surface area (Å²) in [5.41, 5.74) is 2.91. The number of anilines is 4. The molecule has 0 spiro atoms. The fraction of sp³-hybridized carbons (Fsp3) is 0.200. The number of rotatable bonds is 8. The number of hydrogen-bond donors (Lipinski definition) is 3. The first kappa shape index (κ1) is 22.8. The third-order valence-corrected chi connectivity index (χ3v) is 6.03. The highest BCUT2D eigenvalue weighted by Crippen LogP contribution is 2.27. The van der Waals surface area contributed by atoms with E-state index in [0.29, 0.717) is 34.1 Å². The standard InChI is InChI=1S/C25H23ClFN7O/c1-15-2-4-19(32-24(35)16-3-7-20(26)17(10-16)13-27)11-21(15)33-25-28-8-9-34(25)23-12-22(29-14-30-23)31-18-5-6-18/h2-4,7-12,14,18H,5-6,13H2,1H3,(H,28,33)(H,32,35)(H,29,30,31). The van der Waals surface area contributed by atoms with Gasteiger partial charge in [-0.15, -0.1) is 0 Å². The number of aromatic nitrogens is 4. The topological polar surface area (TPSA) is 96.8 Å². The molecule has 0 aliphatic heterocycles. The van der Waals surface area contributed by atoms with Crippen LogP contribution in [0.25, 0.3) is 5.82 Å². The molecule has 2 heterocycles. The maximum absolute atomic E-state index is 13.1. The van der Waals surface area contributed by atoms with Gasteiger partial charge in [0, 0.05) is 52.0 Å². The molecule has 8 nitrogen and oxygen atoms in total. The molecule has 178 valence electrons. The van der Waals surface area contributed by atoms with Crippen molar-refractivity contribution in [3.63, 3.8) is 0 Å². The Morgan fingerprint density at radius 3 is 2.80 bits per heavy atom. The zero-order valence-corrected chi connectivity index (χ0v) is 19.7. The molecule has 0 bridgehead atoms. The smallest absolute Gasteiger partial charge is 0.255 e. The van der Waals surface area contributed by atoms with Gasteiger partial charge in [-0.2, -0.15) is 0 Å². The number of aryl methyl sites for hydroxylation is 1. The van der Waals surface area contributed by atoms with Crippen LogP contribution in [0.1, 0.15) is 34.3 Å². The molecule has 0 radical (unpaired) electrons. The number of carbonyl (C=O) groups excluding carboxylic acids is 1. The second kappa shape index (κ2) is 9.71. The third kappa shape index (κ3) is 5.25. The Labute approximate surface area is 206 Å². The summed E-state index contributed by atoms with van der Waals surface area (Å²) in [6.07, 6.45) is 7.32. The van der Waals surface area contributed by atoms with E-state index < -0.39 is 6.67 Å². The highest BCUT2D eigenvalue weighted by atomic mass is 35.5. The molecule has 0 saturated heterocycles. The Bertz CT molecular complexity index is 1390. The van der Waals surface area contributed by atoms with Gasteiger partial charge in [0.1, 0.15) is 24.6 Å². The molecule has 3 N–H and O–H groups in total. The minimum absolute atomic E-state index is 0.276. The summed E-state index contributed by atoms with van der Waals surface area (Å²) < 4.78 is 15.0. The lowest BCUT2D eigenvalue weighted by atomic mass is 10.1. The number of amides is 1. The first-order valence-corrected chi connectivity index (χ1v) is 11.5. The SMILES string of the molecule is Cc1ccc(NC(=O)c2ccc(Cl)c(CF)c2)cc1Nc1nccn1-c1cc(NC2CC2)ncn1. The summed E-state index contributed by atoms with van der Waals surface area (Å²) in [5.74, 6) is 1.66. The van der Waals surface area contributed by atoms with Crippen LogP contribution in [-0.4, -0.2) is 31.5 Å². The van der Waals surface area contributed by atoms with Crippen LogP contribution in [0.4, 0.5) is 27.5 Å². The lowest BCUT2D eigenvalue weighted by molar-refractivity contribution is 0.102. The second-order valence-corrected chi connectivity index (χ2v) is 8.76. The zero-order valence-electron chi connectivity index (χ0n) is 18.9. The number of nitrogens with one attached hydrogen (secondary N) is 3. The van der Waals surface area contributed by atoms with E-state index in [0.717, 1.165) is 29.9 Å². The number of imidazole rings is 1. The van der Waals surface area contributed by atoms with Crippen molar-refractivity contribution in [1.29, 1.82) is 0 Å². The van der Waals surface area contributed by atoms with Crippen molar-refractivity contribution in [3.8, 4) is 5.82 Å². The van der Waals surface area contributed by atoms with Crippen molar-refractivity contribution in [2.75, 3.05) is 16.0 Å². The quantitative estimate of drug-likeness (QED) is 0.294. The van der Waals surface area contributed by atoms with Crippen LogP contribution in [0.2, 0.25) is 5.02 Å². The van der Waals surface area contributed by atoms with E-state index >= 15 is 0 Å². The average Bonchev–Trinajstić information content (AvgIpc) is 3.55. The van der Waals surface area contributed by atoms with Gasteiger partial charge < -0.3 is 16.0 Å². The van der Waals surface area contributed by atoms with Gasteiger partial charge in [0.15, 0.2) is 0 Å². The first-order valence-electron chi connectivity index (χ1n) is 11.2. The number of alkyl halides is 1. The summed E-state index contributed by atoms with van der Waals surface area (Å²) in [5, 5.41) is 9.84. The first-order chi connectivity index (χ1) is 17.0. The molecular weight excluding hydrogens is 469 g/mol. The Hall–Kier alpha value is -3.98. The van der Waals surface area contributed by atoms with E-state index in [4.69, 9.17) is 11.6 Å². The highest BCUT2D eigenvalue weighted by Gasteiger charge is 2.21. The van der Waals surface area contributed by atoms with Gasteiger partial charge in [-0.1, -0.05) is 17.7 Å². The fourth-order valence-corrected chi connectivity index (χ4v) is 3.72. The summed E-state index contributed by atoms with van der Waals surface area (Å²) in [7, 11) is 0. The third-order valence-electron chi connectivity index (χ3n) is 5.66. The lowest BCUT2D eigenvalue weighted by Gasteiger charge is -2.14. The van der Waals surface area contributed by atoms with Gasteiger partial charge in [0.25, 0.3) is 5.91 Å². The Morgan fingerprint density at radius 2 is 2.00 bits per heavy atom. The number of halogens is 2. The Morgan fingerprint density at radius 1 is 1.14 bits per heavy atom. The van der Waals surface area contributed by atoms with Crippen LogP contribution in [0, 0.1) is 6.92 Å². The summed E-state index contributed by atoms with van der Waals surface area (Å²) in [6, 6.07) is 12.4. The van der Waals surface area contributed by atoms with Crippen molar-refractivity contribution in [1.82, 2.24) is 19.5 Å². The van der Waals surface area contributed by atoms with Crippen LogP contribution < -0.4 is 16.0 Å². The largest absolute Gasteiger partial charge is 0.367 e. The molecule has 35 heavy (non-hydrogen) atoms. The number of nitrogens with zero attached hydrogens (tertiary/aromatic N) is 4. The predicted octanol–water partition coefficient (Wildman–Crippen LogP) is 5.66. The minimum Gasteiger partial charge on any atom is -0.367 e. The van der Waals surface area contributed by atoms with Crippen molar-refractivity contribution in [2.45, 2.75) is 32.5 Å². The van der Waals surface area contributed by atoms with Crippen LogP contribution in [0.5, 0.6) is 0 Å². The molecule has 5 rings (SSSR count). The van der Waals surface area contributed by atoms with Gasteiger partial charge in [0.2, 0.25) is 5.95 Å². The van der Waals surface area contributed by atoms with Gasteiger partial charge in [-0.05, 0) is 55.7 Å². The van der Waals surface area contributed by atoms with Crippen LogP contribution in [0.3, 0.4) is 0 Å². The normalized spacial score (nSPS) is 12.9. The van der Waals surface area contributed by atoms with Gasteiger partial charge >= 0.3 is 0 Å². The molecule has 1 saturated carbocycles. The lowest BCUT2D eigenvalue weighted by Crippen LogP contribution is -2.12. The fourth-order valence-electron chi connectivity index (χ4n) is 3.55. The highest BCUT2D eigenvalue weighted by molar-refractivity contribution is 6.31. The number of benzene rings is 2. The molecule has 1 fully saturated rings. The predicted molar refractivity (Wildman–Crippen MR) is 134 cm³/mol. The maximum atomic E-state index is 13.1. The molecule has 4 aromatic rings. The van der Waals surface area contributed by atoms with Crippen molar-refractivity contribution in [2.24, 2.45) is 0 Å². The van der Waals surface area contributed by atoms with Crippen LogP contribution in [-0.2, 0) is 6.67 Å². The molecule has 0 unspecified atom stereocenters. The summed E-state index contributed by atoms with van der Waals surface area (Å²) in [4.78, 5) is 25.8.